The van der Waals surface area contributed by atoms with Gasteiger partial charge in [0.15, 0.2) is 0 Å². The van der Waals surface area contributed by atoms with E-state index in [9.17, 15) is 0 Å². The second kappa shape index (κ2) is 4.38. The first kappa shape index (κ1) is 10.6. The third kappa shape index (κ3) is 1.89. The molecule has 1 aromatic rings. The van der Waals surface area contributed by atoms with Gasteiger partial charge in [0.05, 0.1) is 30.4 Å². The van der Waals surface area contributed by atoms with Crippen molar-refractivity contribution >= 4 is 5.69 Å². The predicted octanol–water partition coefficient (Wildman–Crippen LogP) is 2.32. The summed E-state index contributed by atoms with van der Waals surface area (Å²) < 4.78 is 5.80. The van der Waals surface area contributed by atoms with Crippen molar-refractivity contribution in [2.24, 2.45) is 0 Å². The molecule has 1 aliphatic carbocycles. The maximum absolute atomic E-state index is 8.81. The summed E-state index contributed by atoms with van der Waals surface area (Å²) in [4.78, 5) is 2.45. The number of rotatable bonds is 1. The van der Waals surface area contributed by atoms with E-state index in [1.54, 1.807) is 0 Å². The Morgan fingerprint density at radius 2 is 2.06 bits per heavy atom. The minimum absolute atomic E-state index is 0.416. The molecule has 2 atom stereocenters. The molecule has 3 nitrogen and oxygen atoms in total. The Balaban J connectivity index is 1.84. The van der Waals surface area contributed by atoms with E-state index in [1.165, 1.54) is 24.9 Å². The second-order valence-corrected chi connectivity index (χ2v) is 4.76. The number of ether oxygens (including phenoxy) is 1. The van der Waals surface area contributed by atoms with Gasteiger partial charge in [0.25, 0.3) is 0 Å². The highest BCUT2D eigenvalue weighted by molar-refractivity contribution is 5.51. The van der Waals surface area contributed by atoms with Crippen molar-refractivity contribution < 1.29 is 4.74 Å². The van der Waals surface area contributed by atoms with Gasteiger partial charge in [-0.05, 0) is 43.5 Å². The lowest BCUT2D eigenvalue weighted by atomic mass is 10.1. The van der Waals surface area contributed by atoms with Crippen molar-refractivity contribution in [2.75, 3.05) is 18.1 Å². The lowest BCUT2D eigenvalue weighted by molar-refractivity contribution is 0.0256. The first-order valence-electron chi connectivity index (χ1n) is 6.27. The Labute approximate surface area is 102 Å². The summed E-state index contributed by atoms with van der Waals surface area (Å²) >= 11 is 0. The standard InChI is InChI=1S/C14H16N2O/c15-10-11-4-6-12(7-5-11)16-8-9-17-14-3-1-2-13(14)16/h4-7,13-14H,1-3,8-9H2. The Hall–Kier alpha value is -1.53. The second-order valence-electron chi connectivity index (χ2n) is 4.76. The number of nitriles is 1. The van der Waals surface area contributed by atoms with Crippen molar-refractivity contribution in [1.29, 1.82) is 5.26 Å². The van der Waals surface area contributed by atoms with Gasteiger partial charge in [0.1, 0.15) is 0 Å². The molecule has 1 saturated heterocycles. The van der Waals surface area contributed by atoms with Crippen LogP contribution in [0.3, 0.4) is 0 Å². The van der Waals surface area contributed by atoms with Crippen LogP contribution in [0.4, 0.5) is 5.69 Å². The molecule has 2 unspecified atom stereocenters. The number of hydrogen-bond donors (Lipinski definition) is 0. The summed E-state index contributed by atoms with van der Waals surface area (Å²) in [6.07, 6.45) is 4.10. The highest BCUT2D eigenvalue weighted by Crippen LogP contribution is 2.33. The fourth-order valence-corrected chi connectivity index (χ4v) is 2.97. The summed E-state index contributed by atoms with van der Waals surface area (Å²) in [5, 5.41) is 8.81. The molecule has 1 heterocycles. The number of fused-ring (bicyclic) bond motifs is 1. The van der Waals surface area contributed by atoms with Crippen LogP contribution < -0.4 is 4.90 Å². The van der Waals surface area contributed by atoms with Crippen LogP contribution in [0.1, 0.15) is 24.8 Å². The number of morpholine rings is 1. The molecule has 0 spiro atoms. The summed E-state index contributed by atoms with van der Waals surface area (Å²) in [7, 11) is 0. The summed E-state index contributed by atoms with van der Waals surface area (Å²) in [5.41, 5.74) is 1.95. The molecule has 3 heteroatoms. The molecule has 1 saturated carbocycles. The van der Waals surface area contributed by atoms with Crippen LogP contribution in [0.2, 0.25) is 0 Å². The molecular weight excluding hydrogens is 212 g/mol. The van der Waals surface area contributed by atoms with E-state index >= 15 is 0 Å². The third-order valence-electron chi connectivity index (χ3n) is 3.81. The molecule has 2 fully saturated rings. The zero-order valence-corrected chi connectivity index (χ0v) is 9.80. The summed E-state index contributed by atoms with van der Waals surface area (Å²) in [6.45, 7) is 1.79. The summed E-state index contributed by atoms with van der Waals surface area (Å²) in [6, 6.07) is 10.6. The van der Waals surface area contributed by atoms with Crippen LogP contribution in [0.5, 0.6) is 0 Å². The summed E-state index contributed by atoms with van der Waals surface area (Å²) in [5.74, 6) is 0. The zero-order chi connectivity index (χ0) is 11.7. The Morgan fingerprint density at radius 1 is 1.24 bits per heavy atom. The van der Waals surface area contributed by atoms with E-state index < -0.39 is 0 Å². The van der Waals surface area contributed by atoms with Gasteiger partial charge >= 0.3 is 0 Å². The fraction of sp³-hybridized carbons (Fsp3) is 0.500. The molecule has 0 bridgehead atoms. The third-order valence-corrected chi connectivity index (χ3v) is 3.81. The molecule has 1 aliphatic heterocycles. The van der Waals surface area contributed by atoms with E-state index in [-0.39, 0.29) is 0 Å². The number of hydrogen-bond acceptors (Lipinski definition) is 3. The Morgan fingerprint density at radius 3 is 2.82 bits per heavy atom. The lowest BCUT2D eigenvalue weighted by Crippen LogP contribution is -2.48. The van der Waals surface area contributed by atoms with E-state index in [2.05, 4.69) is 23.1 Å². The van der Waals surface area contributed by atoms with Crippen molar-refractivity contribution in [3.63, 3.8) is 0 Å². The largest absolute Gasteiger partial charge is 0.374 e. The van der Waals surface area contributed by atoms with Crippen LogP contribution in [0.25, 0.3) is 0 Å². The smallest absolute Gasteiger partial charge is 0.0991 e. The van der Waals surface area contributed by atoms with Gasteiger partial charge in [-0.1, -0.05) is 0 Å². The molecule has 1 aromatic carbocycles. The van der Waals surface area contributed by atoms with Gasteiger partial charge in [0, 0.05) is 12.2 Å². The van der Waals surface area contributed by atoms with E-state index in [0.29, 0.717) is 12.1 Å². The van der Waals surface area contributed by atoms with Crippen LogP contribution >= 0.6 is 0 Å². The molecule has 0 radical (unpaired) electrons. The van der Waals surface area contributed by atoms with Crippen molar-refractivity contribution in [3.8, 4) is 6.07 Å². The maximum atomic E-state index is 8.81. The minimum Gasteiger partial charge on any atom is -0.374 e. The Kier molecular flexibility index (Phi) is 2.74. The van der Waals surface area contributed by atoms with Crippen LogP contribution in [-0.2, 0) is 4.74 Å². The monoisotopic (exact) mass is 228 g/mol. The fourth-order valence-electron chi connectivity index (χ4n) is 2.97. The quantitative estimate of drug-likeness (QED) is 0.740. The van der Waals surface area contributed by atoms with Crippen LogP contribution in [-0.4, -0.2) is 25.3 Å². The minimum atomic E-state index is 0.416. The highest BCUT2D eigenvalue weighted by Gasteiger charge is 2.35. The SMILES string of the molecule is N#Cc1ccc(N2CCOC3CCCC32)cc1. The number of anilines is 1. The molecular formula is C14H16N2O. The molecule has 0 N–H and O–H groups in total. The van der Waals surface area contributed by atoms with Crippen molar-refractivity contribution in [2.45, 2.75) is 31.4 Å². The van der Waals surface area contributed by atoms with E-state index in [0.717, 1.165) is 18.7 Å². The normalized spacial score (nSPS) is 27.6. The maximum Gasteiger partial charge on any atom is 0.0991 e. The molecule has 0 amide bonds. The van der Waals surface area contributed by atoms with E-state index in [1.807, 2.05) is 12.1 Å². The van der Waals surface area contributed by atoms with Crippen molar-refractivity contribution in [1.82, 2.24) is 0 Å². The highest BCUT2D eigenvalue weighted by atomic mass is 16.5. The topological polar surface area (TPSA) is 36.3 Å². The van der Waals surface area contributed by atoms with Crippen LogP contribution in [0, 0.1) is 11.3 Å². The van der Waals surface area contributed by atoms with Crippen molar-refractivity contribution in [3.05, 3.63) is 29.8 Å². The number of benzene rings is 1. The van der Waals surface area contributed by atoms with Gasteiger partial charge in [-0.15, -0.1) is 0 Å². The zero-order valence-electron chi connectivity index (χ0n) is 9.80. The number of nitrogens with zero attached hydrogens (tertiary/aromatic N) is 2. The van der Waals surface area contributed by atoms with Gasteiger partial charge in [-0.25, -0.2) is 0 Å². The van der Waals surface area contributed by atoms with Gasteiger partial charge in [-0.2, -0.15) is 5.26 Å². The lowest BCUT2D eigenvalue weighted by Gasteiger charge is -2.39. The molecule has 2 aliphatic rings. The first-order chi connectivity index (χ1) is 8.38. The Bertz CT molecular complexity index is 435. The van der Waals surface area contributed by atoms with Crippen LogP contribution in [0.15, 0.2) is 24.3 Å². The van der Waals surface area contributed by atoms with E-state index in [4.69, 9.17) is 10.00 Å². The average Bonchev–Trinajstić information content (AvgIpc) is 2.87. The molecule has 17 heavy (non-hydrogen) atoms. The van der Waals surface area contributed by atoms with Gasteiger partial charge < -0.3 is 9.64 Å². The molecule has 88 valence electrons. The average molecular weight is 228 g/mol. The predicted molar refractivity (Wildman–Crippen MR) is 65.9 cm³/mol. The first-order valence-corrected chi connectivity index (χ1v) is 6.27. The van der Waals surface area contributed by atoms with Gasteiger partial charge in [-0.3, -0.25) is 0 Å². The molecule has 3 rings (SSSR count). The van der Waals surface area contributed by atoms with Gasteiger partial charge in [0.2, 0.25) is 0 Å². The molecule has 0 aromatic heterocycles.